The van der Waals surface area contributed by atoms with Crippen LogP contribution in [0.4, 0.5) is 4.79 Å². The van der Waals surface area contributed by atoms with Crippen LogP contribution in [0.25, 0.3) is 11.1 Å². The SMILES string of the molecule is O=C(NCCC(C(=O)O)c1ccc(Cl)c(Cl)c1)OCC1c2ccccc2-c2ccccc21. The first-order valence-corrected chi connectivity index (χ1v) is 11.0. The lowest BCUT2D eigenvalue weighted by atomic mass is 9.96. The van der Waals surface area contributed by atoms with Crippen molar-refractivity contribution >= 4 is 35.3 Å². The number of carbonyl (C=O) groups is 2. The Morgan fingerprint density at radius 2 is 1.56 bits per heavy atom. The minimum atomic E-state index is -1.00. The van der Waals surface area contributed by atoms with Crippen LogP contribution in [0, 0.1) is 0 Å². The van der Waals surface area contributed by atoms with Crippen molar-refractivity contribution in [2.75, 3.05) is 13.2 Å². The number of hydrogen-bond acceptors (Lipinski definition) is 3. The molecule has 1 atom stereocenters. The first-order valence-electron chi connectivity index (χ1n) is 10.2. The molecule has 1 amide bonds. The molecule has 0 saturated carbocycles. The highest BCUT2D eigenvalue weighted by Crippen LogP contribution is 2.44. The van der Waals surface area contributed by atoms with E-state index in [9.17, 15) is 14.7 Å². The van der Waals surface area contributed by atoms with Crippen LogP contribution in [0.5, 0.6) is 0 Å². The largest absolute Gasteiger partial charge is 0.481 e. The summed E-state index contributed by atoms with van der Waals surface area (Å²) in [4.78, 5) is 24.0. The van der Waals surface area contributed by atoms with Gasteiger partial charge in [0.1, 0.15) is 6.61 Å². The Morgan fingerprint density at radius 1 is 0.938 bits per heavy atom. The predicted octanol–water partition coefficient (Wildman–Crippen LogP) is 6.09. The number of halogens is 2. The van der Waals surface area contributed by atoms with Gasteiger partial charge in [-0.15, -0.1) is 0 Å². The molecule has 1 unspecified atom stereocenters. The van der Waals surface area contributed by atoms with Gasteiger partial charge in [-0.2, -0.15) is 0 Å². The summed E-state index contributed by atoms with van der Waals surface area (Å²) in [5.74, 6) is -1.85. The Morgan fingerprint density at radius 3 is 2.16 bits per heavy atom. The lowest BCUT2D eigenvalue weighted by molar-refractivity contribution is -0.138. The number of aliphatic carboxylic acids is 1. The topological polar surface area (TPSA) is 75.6 Å². The fourth-order valence-electron chi connectivity index (χ4n) is 4.13. The highest BCUT2D eigenvalue weighted by atomic mass is 35.5. The van der Waals surface area contributed by atoms with Crippen molar-refractivity contribution < 1.29 is 19.4 Å². The molecule has 0 heterocycles. The van der Waals surface area contributed by atoms with E-state index >= 15 is 0 Å². The van der Waals surface area contributed by atoms with Gasteiger partial charge in [0.2, 0.25) is 0 Å². The molecule has 164 valence electrons. The van der Waals surface area contributed by atoms with Gasteiger partial charge in [-0.05, 0) is 46.4 Å². The van der Waals surface area contributed by atoms with E-state index < -0.39 is 18.0 Å². The van der Waals surface area contributed by atoms with Gasteiger partial charge < -0.3 is 15.2 Å². The lowest BCUT2D eigenvalue weighted by Gasteiger charge is -2.16. The second-order valence-corrected chi connectivity index (χ2v) is 8.42. The van der Waals surface area contributed by atoms with Crippen molar-refractivity contribution in [2.24, 2.45) is 0 Å². The molecule has 0 fully saturated rings. The second kappa shape index (κ2) is 9.63. The average Bonchev–Trinajstić information content (AvgIpc) is 3.11. The number of ether oxygens (including phenoxy) is 1. The Balaban J connectivity index is 1.34. The molecule has 4 rings (SSSR count). The van der Waals surface area contributed by atoms with E-state index in [2.05, 4.69) is 29.6 Å². The summed E-state index contributed by atoms with van der Waals surface area (Å²) in [5, 5.41) is 12.9. The molecule has 32 heavy (non-hydrogen) atoms. The second-order valence-electron chi connectivity index (χ2n) is 7.61. The number of fused-ring (bicyclic) bond motifs is 3. The third kappa shape index (κ3) is 4.59. The Labute approximate surface area is 195 Å². The van der Waals surface area contributed by atoms with E-state index in [1.54, 1.807) is 12.1 Å². The summed E-state index contributed by atoms with van der Waals surface area (Å²) in [6, 6.07) is 20.9. The van der Waals surface area contributed by atoms with Gasteiger partial charge >= 0.3 is 12.1 Å². The molecule has 0 radical (unpaired) electrons. The van der Waals surface area contributed by atoms with Crippen LogP contribution >= 0.6 is 23.2 Å². The van der Waals surface area contributed by atoms with Gasteiger partial charge in [0.25, 0.3) is 0 Å². The number of hydrogen-bond donors (Lipinski definition) is 2. The molecule has 2 N–H and O–H groups in total. The van der Waals surface area contributed by atoms with Crippen molar-refractivity contribution in [3.8, 4) is 11.1 Å². The summed E-state index contributed by atoms with van der Waals surface area (Å²) < 4.78 is 5.49. The molecule has 0 aliphatic heterocycles. The number of nitrogens with one attached hydrogen (secondary N) is 1. The fraction of sp³-hybridized carbons (Fsp3) is 0.200. The van der Waals surface area contributed by atoms with Gasteiger partial charge in [0.15, 0.2) is 0 Å². The van der Waals surface area contributed by atoms with Crippen LogP contribution < -0.4 is 5.32 Å². The van der Waals surface area contributed by atoms with Gasteiger partial charge in [-0.1, -0.05) is 77.8 Å². The molecular formula is C25H21Cl2NO4. The van der Waals surface area contributed by atoms with Gasteiger partial charge in [-0.25, -0.2) is 4.79 Å². The van der Waals surface area contributed by atoms with Gasteiger partial charge in [0, 0.05) is 12.5 Å². The van der Waals surface area contributed by atoms with Crippen molar-refractivity contribution in [3.63, 3.8) is 0 Å². The quantitative estimate of drug-likeness (QED) is 0.438. The zero-order chi connectivity index (χ0) is 22.7. The standard InChI is InChI=1S/C25H21Cl2NO4/c26-22-10-9-15(13-23(22)27)16(24(29)30)11-12-28-25(31)32-14-21-19-7-3-1-5-17(19)18-6-2-4-8-20(18)21/h1-10,13,16,21H,11-12,14H2,(H,28,31)(H,29,30). The summed E-state index contributed by atoms with van der Waals surface area (Å²) in [6.07, 6.45) is -0.387. The molecule has 1 aliphatic rings. The predicted molar refractivity (Wildman–Crippen MR) is 125 cm³/mol. The number of benzene rings is 3. The Kier molecular flexibility index (Phi) is 6.68. The van der Waals surface area contributed by atoms with Crippen LogP contribution in [0.1, 0.15) is 34.9 Å². The average molecular weight is 470 g/mol. The van der Waals surface area contributed by atoms with Crippen LogP contribution in [0.15, 0.2) is 66.7 Å². The Hall–Kier alpha value is -3.02. The van der Waals surface area contributed by atoms with Crippen molar-refractivity contribution in [2.45, 2.75) is 18.3 Å². The first kappa shape index (κ1) is 22.2. The number of carbonyl (C=O) groups excluding carboxylic acids is 1. The van der Waals surface area contributed by atoms with Crippen molar-refractivity contribution in [1.82, 2.24) is 5.32 Å². The molecule has 0 spiro atoms. The van der Waals surface area contributed by atoms with Crippen LogP contribution in [-0.4, -0.2) is 30.3 Å². The number of alkyl carbamates (subject to hydrolysis) is 1. The third-order valence-electron chi connectivity index (χ3n) is 5.69. The molecule has 3 aromatic carbocycles. The van der Waals surface area contributed by atoms with Gasteiger partial charge in [-0.3, -0.25) is 4.79 Å². The number of amides is 1. The minimum absolute atomic E-state index is 0.0314. The fourth-order valence-corrected chi connectivity index (χ4v) is 4.44. The van der Waals surface area contributed by atoms with E-state index in [0.29, 0.717) is 15.6 Å². The highest BCUT2D eigenvalue weighted by Gasteiger charge is 2.29. The van der Waals surface area contributed by atoms with Gasteiger partial charge in [0.05, 0.1) is 16.0 Å². The van der Waals surface area contributed by atoms with Crippen molar-refractivity contribution in [3.05, 3.63) is 93.5 Å². The third-order valence-corrected chi connectivity index (χ3v) is 6.43. The normalized spacial score (nSPS) is 13.2. The molecule has 3 aromatic rings. The number of carboxylic acids is 1. The molecule has 0 saturated heterocycles. The maximum atomic E-state index is 12.3. The van der Waals surface area contributed by atoms with E-state index in [-0.39, 0.29) is 25.5 Å². The highest BCUT2D eigenvalue weighted by molar-refractivity contribution is 6.42. The number of carboxylic acid groups (broad SMARTS) is 1. The summed E-state index contributed by atoms with van der Waals surface area (Å²) in [7, 11) is 0. The maximum absolute atomic E-state index is 12.3. The molecule has 1 aliphatic carbocycles. The lowest BCUT2D eigenvalue weighted by Crippen LogP contribution is -2.29. The molecule has 7 heteroatoms. The summed E-state index contributed by atoms with van der Waals surface area (Å²) >= 11 is 11.9. The van der Waals surface area contributed by atoms with E-state index in [1.807, 2.05) is 24.3 Å². The van der Waals surface area contributed by atoms with Crippen LogP contribution in [0.2, 0.25) is 10.0 Å². The van der Waals surface area contributed by atoms with Crippen LogP contribution in [-0.2, 0) is 9.53 Å². The smallest absolute Gasteiger partial charge is 0.407 e. The summed E-state index contributed by atoms with van der Waals surface area (Å²) in [6.45, 7) is 0.350. The van der Waals surface area contributed by atoms with Crippen LogP contribution in [0.3, 0.4) is 0 Å². The van der Waals surface area contributed by atoms with Crippen molar-refractivity contribution in [1.29, 1.82) is 0 Å². The maximum Gasteiger partial charge on any atom is 0.407 e. The molecule has 0 bridgehead atoms. The monoisotopic (exact) mass is 469 g/mol. The zero-order valence-electron chi connectivity index (χ0n) is 17.1. The van der Waals surface area contributed by atoms with E-state index in [4.69, 9.17) is 27.9 Å². The summed E-state index contributed by atoms with van der Waals surface area (Å²) in [5.41, 5.74) is 5.10. The zero-order valence-corrected chi connectivity index (χ0v) is 18.6. The molecule has 0 aromatic heterocycles. The van der Waals surface area contributed by atoms with E-state index in [1.165, 1.54) is 6.07 Å². The Bertz CT molecular complexity index is 1120. The molecule has 5 nitrogen and oxygen atoms in total. The number of rotatable bonds is 7. The molecular weight excluding hydrogens is 449 g/mol. The first-order chi connectivity index (χ1) is 15.5. The van der Waals surface area contributed by atoms with E-state index in [0.717, 1.165) is 22.3 Å². The minimum Gasteiger partial charge on any atom is -0.481 e.